The average Bonchev–Trinajstić information content (AvgIpc) is 3.98. The molecule has 1 N–H and O–H groups in total. The zero-order valence-electron chi connectivity index (χ0n) is 37.3. The van der Waals surface area contributed by atoms with Crippen LogP contribution in [0.1, 0.15) is 79.5 Å². The monoisotopic (exact) mass is 837 g/mol. The second kappa shape index (κ2) is 12.7. The van der Waals surface area contributed by atoms with Gasteiger partial charge < -0.3 is 14.2 Å². The molecule has 14 rings (SSSR count). The van der Waals surface area contributed by atoms with Crippen molar-refractivity contribution in [3.05, 3.63) is 197 Å². The molecule has 1 radical (unpaired) electrons. The number of rotatable bonds is 2. The van der Waals surface area contributed by atoms with Gasteiger partial charge in [0.1, 0.15) is 16.7 Å². The van der Waals surface area contributed by atoms with Crippen molar-refractivity contribution in [2.24, 2.45) is 0 Å². The van der Waals surface area contributed by atoms with Crippen LogP contribution in [0.4, 0.5) is 28.6 Å². The van der Waals surface area contributed by atoms with Crippen molar-refractivity contribution < 1.29 is 8.83 Å². The first-order chi connectivity index (χ1) is 31.6. The van der Waals surface area contributed by atoms with Gasteiger partial charge in [0.15, 0.2) is 5.88 Å². The number of para-hydroxylation sites is 4. The van der Waals surface area contributed by atoms with Crippen molar-refractivity contribution >= 4 is 79.7 Å². The molecule has 0 saturated heterocycles. The summed E-state index contributed by atoms with van der Waals surface area (Å²) in [6.45, 7) is 11.9. The molecule has 2 aliphatic heterocycles. The number of aryl methyl sites for hydroxylation is 1. The molecule has 4 nitrogen and oxygen atoms in total. The van der Waals surface area contributed by atoms with Gasteiger partial charge in [-0.2, -0.15) is 0 Å². The lowest BCUT2D eigenvalue weighted by atomic mass is 9.58. The highest BCUT2D eigenvalue weighted by Crippen LogP contribution is 2.62. The maximum Gasteiger partial charge on any atom is 0.203 e. The molecule has 65 heavy (non-hydrogen) atoms. The maximum absolute atomic E-state index is 7.15. The quantitative estimate of drug-likeness (QED) is 0.176. The molecule has 2 aromatic heterocycles. The molecule has 2 aliphatic carbocycles. The fraction of sp³-hybridized carbons (Fsp3) is 0.167. The average molecular weight is 838 g/mol. The number of nitrogens with one attached hydrogen (secondary N) is 1. The lowest BCUT2D eigenvalue weighted by molar-refractivity contribution is 0.332. The van der Waals surface area contributed by atoms with Crippen molar-refractivity contribution in [3.63, 3.8) is 0 Å². The van der Waals surface area contributed by atoms with E-state index >= 15 is 0 Å². The Kier molecular flexibility index (Phi) is 7.28. The smallest absolute Gasteiger partial charge is 0.203 e. The predicted molar refractivity (Wildman–Crippen MR) is 269 cm³/mol. The van der Waals surface area contributed by atoms with E-state index in [9.17, 15) is 0 Å². The molecular formula is C60H46BN2O2. The molecule has 0 saturated carbocycles. The molecule has 0 amide bonds. The largest absolute Gasteiger partial charge is 0.455 e. The topological polar surface area (TPSA) is 41.6 Å². The van der Waals surface area contributed by atoms with Gasteiger partial charge in [-0.05, 0) is 122 Å². The molecule has 4 aliphatic rings. The third-order valence-corrected chi connectivity index (χ3v) is 15.7. The van der Waals surface area contributed by atoms with Crippen LogP contribution in [0.15, 0.2) is 167 Å². The number of furan rings is 2. The highest BCUT2D eigenvalue weighted by Gasteiger charge is 2.51. The maximum atomic E-state index is 7.15. The summed E-state index contributed by atoms with van der Waals surface area (Å²) in [6.07, 6.45) is 2.29. The van der Waals surface area contributed by atoms with E-state index in [0.717, 1.165) is 96.4 Å². The normalized spacial score (nSPS) is 16.5. The molecular weight excluding hydrogens is 791 g/mol. The van der Waals surface area contributed by atoms with Gasteiger partial charge in [-0.15, -0.1) is 0 Å². The van der Waals surface area contributed by atoms with Crippen LogP contribution in [0.3, 0.4) is 0 Å². The Morgan fingerprint density at radius 3 is 1.83 bits per heavy atom. The van der Waals surface area contributed by atoms with Gasteiger partial charge in [0, 0.05) is 38.7 Å². The number of benzene rings is 8. The lowest BCUT2D eigenvalue weighted by Gasteiger charge is -2.43. The highest BCUT2D eigenvalue weighted by atomic mass is 16.4. The minimum Gasteiger partial charge on any atom is -0.455 e. The molecule has 8 aromatic carbocycles. The van der Waals surface area contributed by atoms with Crippen LogP contribution < -0.4 is 21.1 Å². The van der Waals surface area contributed by atoms with Crippen molar-refractivity contribution in [2.45, 2.75) is 63.7 Å². The zero-order valence-corrected chi connectivity index (χ0v) is 37.3. The summed E-state index contributed by atoms with van der Waals surface area (Å²) < 4.78 is 14.2. The second-order valence-electron chi connectivity index (χ2n) is 20.1. The Bertz CT molecular complexity index is 3670. The summed E-state index contributed by atoms with van der Waals surface area (Å²) in [5.41, 5.74) is 22.6. The Morgan fingerprint density at radius 2 is 1.09 bits per heavy atom. The van der Waals surface area contributed by atoms with Crippen molar-refractivity contribution in [2.75, 3.05) is 10.2 Å². The lowest BCUT2D eigenvalue weighted by Crippen LogP contribution is -2.41. The van der Waals surface area contributed by atoms with Crippen LogP contribution >= 0.6 is 0 Å². The molecule has 5 heteroatoms. The minimum absolute atomic E-state index is 0.0170. The van der Waals surface area contributed by atoms with E-state index in [2.05, 4.69) is 210 Å². The fourth-order valence-electron chi connectivity index (χ4n) is 12.5. The van der Waals surface area contributed by atoms with Crippen LogP contribution in [-0.2, 0) is 16.2 Å². The van der Waals surface area contributed by atoms with Crippen LogP contribution in [-0.4, -0.2) is 7.28 Å². The molecule has 311 valence electrons. The standard InChI is InChI=1S/C60H46BN2O2/c1-34-31-45-46(59(4,5)30-29-58(45,2)3)33-48(34)63-49-32-40-37-19-8-14-27-50(37)64-56(40)52(54(49)61-53-38-20-9-15-28-51(38)65-57(53)63)39-21-16-25-44-55(39)62-47-26-13-12-24-43(47)60(44)41-22-10-6-17-35(41)36-18-7-11-23-42(36)60/h6-28,31-33,62H,29-30H2,1-5H3. The van der Waals surface area contributed by atoms with Crippen LogP contribution in [0.5, 0.6) is 0 Å². The second-order valence-corrected chi connectivity index (χ2v) is 20.1. The third-order valence-electron chi connectivity index (χ3n) is 15.7. The van der Waals surface area contributed by atoms with E-state index in [1.807, 2.05) is 0 Å². The van der Waals surface area contributed by atoms with Crippen LogP contribution in [0, 0.1) is 6.92 Å². The van der Waals surface area contributed by atoms with E-state index in [0.29, 0.717) is 0 Å². The number of fused-ring (bicyclic) bond motifs is 17. The van der Waals surface area contributed by atoms with Gasteiger partial charge in [0.25, 0.3) is 0 Å². The van der Waals surface area contributed by atoms with Gasteiger partial charge in [-0.25, -0.2) is 0 Å². The van der Waals surface area contributed by atoms with Gasteiger partial charge in [0.2, 0.25) is 7.28 Å². The molecule has 0 atom stereocenters. The van der Waals surface area contributed by atoms with E-state index < -0.39 is 5.41 Å². The number of anilines is 5. The van der Waals surface area contributed by atoms with Gasteiger partial charge in [0.05, 0.1) is 16.8 Å². The first kappa shape index (κ1) is 37.2. The van der Waals surface area contributed by atoms with Gasteiger partial charge in [-0.3, -0.25) is 4.90 Å². The van der Waals surface area contributed by atoms with Crippen molar-refractivity contribution in [1.29, 1.82) is 0 Å². The van der Waals surface area contributed by atoms with E-state index in [4.69, 9.17) is 8.83 Å². The molecule has 0 unspecified atom stereocenters. The zero-order chi connectivity index (χ0) is 43.6. The number of nitrogens with zero attached hydrogens (tertiary/aromatic N) is 1. The number of hydrogen-bond donors (Lipinski definition) is 1. The van der Waals surface area contributed by atoms with Crippen LogP contribution in [0.2, 0.25) is 0 Å². The summed E-state index contributed by atoms with van der Waals surface area (Å²) in [4.78, 5) is 2.44. The summed E-state index contributed by atoms with van der Waals surface area (Å²) in [7, 11) is 2.38. The summed E-state index contributed by atoms with van der Waals surface area (Å²) in [6, 6.07) is 58.2. The Morgan fingerprint density at radius 1 is 0.508 bits per heavy atom. The third kappa shape index (κ3) is 4.78. The van der Waals surface area contributed by atoms with E-state index in [1.54, 1.807) is 0 Å². The van der Waals surface area contributed by atoms with Crippen LogP contribution in [0.25, 0.3) is 55.2 Å². The van der Waals surface area contributed by atoms with E-state index in [-0.39, 0.29) is 10.8 Å². The fourth-order valence-corrected chi connectivity index (χ4v) is 12.5. The first-order valence-corrected chi connectivity index (χ1v) is 23.1. The Hall–Kier alpha value is -7.24. The first-order valence-electron chi connectivity index (χ1n) is 23.1. The minimum atomic E-state index is -0.549. The summed E-state index contributed by atoms with van der Waals surface area (Å²) in [5.74, 6) is 0.841. The molecule has 1 spiro atoms. The van der Waals surface area contributed by atoms with Gasteiger partial charge in [-0.1, -0.05) is 155 Å². The van der Waals surface area contributed by atoms with Crippen molar-refractivity contribution in [1.82, 2.24) is 0 Å². The summed E-state index contributed by atoms with van der Waals surface area (Å²) >= 11 is 0. The van der Waals surface area contributed by atoms with E-state index in [1.165, 1.54) is 50.1 Å². The number of hydrogen-bond acceptors (Lipinski definition) is 4. The Labute approximate surface area is 379 Å². The SMILES string of the molecule is Cc1cc2c(cc1N1c3cc4c(oc5ccccc54)c(-c4cccc5c4Nc4ccccc4C54c5ccccc5-c5ccccc54)c3[B]c3c1oc1ccccc31)C(C)(C)CCC2(C)C. The molecule has 0 bridgehead atoms. The molecule has 10 aromatic rings. The predicted octanol–water partition coefficient (Wildman–Crippen LogP) is 14.5. The van der Waals surface area contributed by atoms with Crippen molar-refractivity contribution in [3.8, 4) is 22.3 Å². The van der Waals surface area contributed by atoms with Gasteiger partial charge >= 0.3 is 0 Å². The molecule has 0 fully saturated rings. The highest BCUT2D eigenvalue weighted by molar-refractivity contribution is 6.76. The Balaban J connectivity index is 1.12. The summed E-state index contributed by atoms with van der Waals surface area (Å²) in [5, 5.41) is 7.34. The molecule has 4 heterocycles.